The van der Waals surface area contributed by atoms with Gasteiger partial charge in [-0.25, -0.2) is 9.78 Å². The zero-order valence-electron chi connectivity index (χ0n) is 19.5. The molecule has 2 heterocycles. The predicted octanol–water partition coefficient (Wildman–Crippen LogP) is 5.28. The van der Waals surface area contributed by atoms with Crippen LogP contribution in [0.4, 0.5) is 0 Å². The molecule has 1 amide bonds. The van der Waals surface area contributed by atoms with Crippen LogP contribution in [0.2, 0.25) is 0 Å². The van der Waals surface area contributed by atoms with Gasteiger partial charge < -0.3 is 14.6 Å². The molecule has 1 N–H and O–H groups in total. The molecular weight excluding hydrogens is 428 g/mol. The van der Waals surface area contributed by atoms with E-state index in [1.165, 1.54) is 38.5 Å². The number of nitrogens with one attached hydrogen (secondary N) is 1. The van der Waals surface area contributed by atoms with E-state index in [4.69, 9.17) is 4.74 Å². The summed E-state index contributed by atoms with van der Waals surface area (Å²) in [5.74, 6) is 0.160. The van der Waals surface area contributed by atoms with E-state index >= 15 is 0 Å². The minimum atomic E-state index is -0.486. The summed E-state index contributed by atoms with van der Waals surface area (Å²) in [5, 5.41) is 0. The lowest BCUT2D eigenvalue weighted by atomic mass is 9.88. The number of imidazole rings is 1. The Labute approximate surface area is 199 Å². The molecule has 0 radical (unpaired) electrons. The fourth-order valence-corrected chi connectivity index (χ4v) is 5.49. The third kappa shape index (κ3) is 4.98. The number of carbonyl (C=O) groups excluding carboxylic acids is 2. The average Bonchev–Trinajstić information content (AvgIpc) is 3.33. The highest BCUT2D eigenvalue weighted by Crippen LogP contribution is 2.30. The molecule has 2 fully saturated rings. The summed E-state index contributed by atoms with van der Waals surface area (Å²) in [7, 11) is 0. The second-order valence-corrected chi connectivity index (χ2v) is 9.52. The van der Waals surface area contributed by atoms with Gasteiger partial charge in [-0.3, -0.25) is 9.78 Å². The van der Waals surface area contributed by atoms with Crippen molar-refractivity contribution in [3.05, 3.63) is 48.3 Å². The zero-order valence-corrected chi connectivity index (χ0v) is 19.5. The Morgan fingerprint density at radius 1 is 0.971 bits per heavy atom. The highest BCUT2D eigenvalue weighted by molar-refractivity contribution is 5.95. The minimum absolute atomic E-state index is 0.0476. The van der Waals surface area contributed by atoms with Gasteiger partial charge in [0.1, 0.15) is 5.82 Å². The third-order valence-electron chi connectivity index (χ3n) is 7.20. The summed E-state index contributed by atoms with van der Waals surface area (Å²) < 4.78 is 5.52. The number of pyridine rings is 1. The van der Waals surface area contributed by atoms with Gasteiger partial charge in [-0.15, -0.1) is 0 Å². The molecule has 2 aliphatic rings. The molecule has 0 atom stereocenters. The molecule has 0 unspecified atom stereocenters. The zero-order chi connectivity index (χ0) is 23.3. The molecule has 34 heavy (non-hydrogen) atoms. The van der Waals surface area contributed by atoms with Crippen molar-refractivity contribution in [3.63, 3.8) is 0 Å². The van der Waals surface area contributed by atoms with Crippen molar-refractivity contribution in [2.75, 3.05) is 6.61 Å². The van der Waals surface area contributed by atoms with E-state index in [9.17, 15) is 9.59 Å². The standard InChI is InChI=1S/C27H32N4O3/c32-25(31(21-9-3-1-4-10-21)22-11-5-2-6-12-22)18-34-27(33)19-13-14-23-24(16-19)30-26(29-23)20-8-7-15-28-17-20/h7-8,13-17,21-22H,1-6,9-12,18H2,(H,29,30). The highest BCUT2D eigenvalue weighted by Gasteiger charge is 2.32. The van der Waals surface area contributed by atoms with E-state index in [2.05, 4.69) is 19.9 Å². The molecule has 0 bridgehead atoms. The minimum Gasteiger partial charge on any atom is -0.452 e. The number of nitrogens with zero attached hydrogens (tertiary/aromatic N) is 3. The maximum atomic E-state index is 13.3. The number of aromatic nitrogens is 3. The monoisotopic (exact) mass is 460 g/mol. The van der Waals surface area contributed by atoms with Crippen LogP contribution in [-0.2, 0) is 9.53 Å². The van der Waals surface area contributed by atoms with Gasteiger partial charge in [-0.2, -0.15) is 0 Å². The molecule has 0 aliphatic heterocycles. The molecule has 178 valence electrons. The number of benzene rings is 1. The maximum absolute atomic E-state index is 13.3. The van der Waals surface area contributed by atoms with Gasteiger partial charge in [-0.05, 0) is 56.0 Å². The van der Waals surface area contributed by atoms with Crippen molar-refractivity contribution in [3.8, 4) is 11.4 Å². The lowest BCUT2D eigenvalue weighted by molar-refractivity contribution is -0.141. The van der Waals surface area contributed by atoms with Crippen LogP contribution in [0.1, 0.15) is 74.6 Å². The number of ether oxygens (including phenoxy) is 1. The third-order valence-corrected chi connectivity index (χ3v) is 7.20. The van der Waals surface area contributed by atoms with Crippen LogP contribution in [0.15, 0.2) is 42.7 Å². The smallest absolute Gasteiger partial charge is 0.338 e. The van der Waals surface area contributed by atoms with Crippen LogP contribution in [0, 0.1) is 0 Å². The Balaban J connectivity index is 1.27. The molecule has 2 aromatic heterocycles. The van der Waals surface area contributed by atoms with E-state index < -0.39 is 5.97 Å². The molecule has 0 spiro atoms. The predicted molar refractivity (Wildman–Crippen MR) is 130 cm³/mol. The van der Waals surface area contributed by atoms with Gasteiger partial charge in [0.15, 0.2) is 6.61 Å². The highest BCUT2D eigenvalue weighted by atomic mass is 16.5. The van der Waals surface area contributed by atoms with Crippen molar-refractivity contribution >= 4 is 22.9 Å². The first-order valence-electron chi connectivity index (χ1n) is 12.6. The number of hydrogen-bond acceptors (Lipinski definition) is 5. The summed E-state index contributed by atoms with van der Waals surface area (Å²) in [6.45, 7) is -0.201. The van der Waals surface area contributed by atoms with Gasteiger partial charge in [0.2, 0.25) is 0 Å². The second kappa shape index (κ2) is 10.4. The summed E-state index contributed by atoms with van der Waals surface area (Å²) in [5.41, 5.74) is 2.78. The van der Waals surface area contributed by atoms with Crippen molar-refractivity contribution in [2.45, 2.75) is 76.3 Å². The van der Waals surface area contributed by atoms with E-state index in [0.717, 1.165) is 42.3 Å². The Morgan fingerprint density at radius 2 is 1.68 bits per heavy atom. The first-order chi connectivity index (χ1) is 16.7. The molecule has 1 aromatic carbocycles. The summed E-state index contributed by atoms with van der Waals surface area (Å²) >= 11 is 0. The number of hydrogen-bond donors (Lipinski definition) is 1. The molecule has 3 aromatic rings. The van der Waals surface area contributed by atoms with E-state index in [1.54, 1.807) is 30.6 Å². The number of fused-ring (bicyclic) bond motifs is 1. The van der Waals surface area contributed by atoms with Gasteiger partial charge in [0.05, 0.1) is 16.6 Å². The van der Waals surface area contributed by atoms with Crippen LogP contribution < -0.4 is 0 Å². The lowest BCUT2D eigenvalue weighted by Gasteiger charge is -2.41. The van der Waals surface area contributed by atoms with Crippen molar-refractivity contribution in [2.24, 2.45) is 0 Å². The van der Waals surface area contributed by atoms with Crippen LogP contribution in [0.5, 0.6) is 0 Å². The Morgan fingerprint density at radius 3 is 2.32 bits per heavy atom. The molecule has 7 heteroatoms. The van der Waals surface area contributed by atoms with Crippen molar-refractivity contribution in [1.29, 1.82) is 0 Å². The van der Waals surface area contributed by atoms with Crippen LogP contribution in [0.3, 0.4) is 0 Å². The van der Waals surface area contributed by atoms with E-state index in [1.807, 2.05) is 12.1 Å². The normalized spacial score (nSPS) is 17.5. The Kier molecular flexibility index (Phi) is 6.88. The topological polar surface area (TPSA) is 88.2 Å². The number of H-pyrrole nitrogens is 1. The first-order valence-corrected chi connectivity index (χ1v) is 12.6. The molecule has 0 saturated heterocycles. The molecular formula is C27H32N4O3. The largest absolute Gasteiger partial charge is 0.452 e. The number of esters is 1. The van der Waals surface area contributed by atoms with Gasteiger partial charge in [-0.1, -0.05) is 38.5 Å². The quantitative estimate of drug-likeness (QED) is 0.506. The fourth-order valence-electron chi connectivity index (χ4n) is 5.49. The average molecular weight is 461 g/mol. The lowest BCUT2D eigenvalue weighted by Crippen LogP contribution is -2.50. The summed E-state index contributed by atoms with van der Waals surface area (Å²) in [4.78, 5) is 40.1. The van der Waals surface area contributed by atoms with Crippen LogP contribution >= 0.6 is 0 Å². The Bertz CT molecular complexity index is 1110. The van der Waals surface area contributed by atoms with E-state index in [0.29, 0.717) is 11.4 Å². The van der Waals surface area contributed by atoms with E-state index in [-0.39, 0.29) is 24.6 Å². The van der Waals surface area contributed by atoms with Crippen LogP contribution in [-0.4, -0.2) is 50.4 Å². The van der Waals surface area contributed by atoms with Crippen LogP contribution in [0.25, 0.3) is 22.4 Å². The maximum Gasteiger partial charge on any atom is 0.338 e. The van der Waals surface area contributed by atoms with Gasteiger partial charge in [0, 0.05) is 30.0 Å². The van der Waals surface area contributed by atoms with Gasteiger partial charge in [0.25, 0.3) is 5.91 Å². The number of aromatic amines is 1. The Hall–Kier alpha value is -3.22. The van der Waals surface area contributed by atoms with Crippen molar-refractivity contribution < 1.29 is 14.3 Å². The molecule has 2 saturated carbocycles. The summed E-state index contributed by atoms with van der Waals surface area (Å²) in [6, 6.07) is 9.58. The van der Waals surface area contributed by atoms with Crippen molar-refractivity contribution in [1.82, 2.24) is 19.9 Å². The first kappa shape index (κ1) is 22.6. The SMILES string of the molecule is O=C(OCC(=O)N(C1CCCCC1)C1CCCCC1)c1ccc2nc(-c3cccnc3)[nH]c2c1. The molecule has 2 aliphatic carbocycles. The summed E-state index contributed by atoms with van der Waals surface area (Å²) in [6.07, 6.45) is 14.9. The second-order valence-electron chi connectivity index (χ2n) is 9.52. The number of rotatable bonds is 6. The fraction of sp³-hybridized carbons (Fsp3) is 0.481. The molecule has 5 rings (SSSR count). The number of amides is 1. The van der Waals surface area contributed by atoms with Gasteiger partial charge >= 0.3 is 5.97 Å². The molecule has 7 nitrogen and oxygen atoms in total. The number of carbonyl (C=O) groups is 2.